The van der Waals surface area contributed by atoms with E-state index >= 15 is 0 Å². The Hall–Kier alpha value is -0.160. The average Bonchev–Trinajstić information content (AvgIpc) is 2.10. The summed E-state index contributed by atoms with van der Waals surface area (Å²) >= 11 is 0. The Labute approximate surface area is 73.2 Å². The summed E-state index contributed by atoms with van der Waals surface area (Å²) in [5.41, 5.74) is -0.193. The molecule has 1 saturated heterocycles. The van der Waals surface area contributed by atoms with Crippen molar-refractivity contribution in [1.82, 2.24) is 10.2 Å². The molecule has 0 aliphatic carbocycles. The number of hydrogen-bond acceptors (Lipinski definition) is 4. The Morgan fingerprint density at radius 3 is 2.83 bits per heavy atom. The highest BCUT2D eigenvalue weighted by Gasteiger charge is 2.32. The molecule has 0 amide bonds. The van der Waals surface area contributed by atoms with Crippen LogP contribution in [0, 0.1) is 0 Å². The van der Waals surface area contributed by atoms with Crippen LogP contribution in [0.5, 0.6) is 0 Å². The van der Waals surface area contributed by atoms with Gasteiger partial charge in [-0.15, -0.1) is 0 Å². The fourth-order valence-corrected chi connectivity index (χ4v) is 1.61. The van der Waals surface area contributed by atoms with Crippen LogP contribution >= 0.6 is 0 Å². The summed E-state index contributed by atoms with van der Waals surface area (Å²) in [4.78, 5) is 2.13. The summed E-state index contributed by atoms with van der Waals surface area (Å²) in [6.45, 7) is 5.60. The third-order valence-electron chi connectivity index (χ3n) is 2.54. The lowest BCUT2D eigenvalue weighted by Gasteiger charge is -2.43. The van der Waals surface area contributed by atoms with Crippen LogP contribution in [0.15, 0.2) is 0 Å². The van der Waals surface area contributed by atoms with Crippen LogP contribution in [0.3, 0.4) is 0 Å². The highest BCUT2D eigenvalue weighted by atomic mass is 16.3. The van der Waals surface area contributed by atoms with Crippen molar-refractivity contribution in [1.29, 1.82) is 0 Å². The number of nitrogens with one attached hydrogen (secondary N) is 1. The van der Waals surface area contributed by atoms with Gasteiger partial charge >= 0.3 is 0 Å². The second kappa shape index (κ2) is 4.18. The van der Waals surface area contributed by atoms with Crippen molar-refractivity contribution in [3.8, 4) is 0 Å². The average molecular weight is 174 g/mol. The quantitative estimate of drug-likeness (QED) is 0.494. The van der Waals surface area contributed by atoms with Crippen molar-refractivity contribution in [3.63, 3.8) is 0 Å². The topological polar surface area (TPSA) is 55.7 Å². The minimum absolute atomic E-state index is 0.139. The fraction of sp³-hybridized carbons (Fsp3) is 1.00. The molecule has 3 N–H and O–H groups in total. The van der Waals surface area contributed by atoms with Crippen molar-refractivity contribution < 1.29 is 10.2 Å². The van der Waals surface area contributed by atoms with Crippen molar-refractivity contribution in [3.05, 3.63) is 0 Å². The molecule has 1 fully saturated rings. The van der Waals surface area contributed by atoms with E-state index in [1.165, 1.54) is 0 Å². The first-order valence-corrected chi connectivity index (χ1v) is 4.40. The molecule has 0 saturated carbocycles. The molecule has 4 nitrogen and oxygen atoms in total. The monoisotopic (exact) mass is 174 g/mol. The van der Waals surface area contributed by atoms with E-state index in [0.717, 1.165) is 19.6 Å². The molecule has 1 aliphatic heterocycles. The van der Waals surface area contributed by atoms with Crippen LogP contribution in [-0.2, 0) is 0 Å². The molecule has 0 spiro atoms. The maximum absolute atomic E-state index is 9.18. The number of piperazine rings is 1. The van der Waals surface area contributed by atoms with Gasteiger partial charge in [-0.3, -0.25) is 4.90 Å². The van der Waals surface area contributed by atoms with Gasteiger partial charge in [-0.1, -0.05) is 0 Å². The van der Waals surface area contributed by atoms with Gasteiger partial charge in [0.2, 0.25) is 0 Å². The van der Waals surface area contributed by atoms with Gasteiger partial charge in [0.25, 0.3) is 0 Å². The predicted molar refractivity (Wildman–Crippen MR) is 47.0 cm³/mol. The summed E-state index contributed by atoms with van der Waals surface area (Å²) in [7, 11) is 0. The van der Waals surface area contributed by atoms with Gasteiger partial charge in [0, 0.05) is 26.2 Å². The van der Waals surface area contributed by atoms with Crippen molar-refractivity contribution in [2.75, 3.05) is 39.4 Å². The van der Waals surface area contributed by atoms with Gasteiger partial charge < -0.3 is 15.5 Å². The number of β-amino-alcohol motifs (C(OH)–C–C–N with tert-alkyl or cyclic N) is 1. The standard InChI is InChI=1S/C8H18N2O2/c1-8(7-12)6-9-2-3-10(8)4-5-11/h9,11-12H,2-7H2,1H3. The molecule has 72 valence electrons. The van der Waals surface area contributed by atoms with Gasteiger partial charge in [0.15, 0.2) is 0 Å². The summed E-state index contributed by atoms with van der Waals surface area (Å²) < 4.78 is 0. The molecule has 0 bridgehead atoms. The zero-order valence-corrected chi connectivity index (χ0v) is 7.58. The summed E-state index contributed by atoms with van der Waals surface area (Å²) in [6.07, 6.45) is 0. The first-order chi connectivity index (χ1) is 5.73. The van der Waals surface area contributed by atoms with E-state index in [9.17, 15) is 5.11 Å². The molecule has 0 aromatic carbocycles. The zero-order chi connectivity index (χ0) is 9.03. The molecule has 0 aromatic rings. The molecular formula is C8H18N2O2. The largest absolute Gasteiger partial charge is 0.395 e. The highest BCUT2D eigenvalue weighted by molar-refractivity contribution is 4.91. The van der Waals surface area contributed by atoms with Crippen molar-refractivity contribution >= 4 is 0 Å². The number of hydrogen-bond donors (Lipinski definition) is 3. The Bertz CT molecular complexity index is 141. The number of rotatable bonds is 3. The number of aliphatic hydroxyl groups is 2. The molecule has 1 aliphatic rings. The van der Waals surface area contributed by atoms with Gasteiger partial charge in [-0.25, -0.2) is 0 Å². The van der Waals surface area contributed by atoms with Crippen molar-refractivity contribution in [2.24, 2.45) is 0 Å². The smallest absolute Gasteiger partial charge is 0.0625 e. The normalized spacial score (nSPS) is 32.2. The lowest BCUT2D eigenvalue weighted by atomic mass is 9.99. The van der Waals surface area contributed by atoms with Gasteiger partial charge in [0.05, 0.1) is 18.8 Å². The maximum atomic E-state index is 9.18. The van der Waals surface area contributed by atoms with Crippen LogP contribution in [0.2, 0.25) is 0 Å². The summed E-state index contributed by atoms with van der Waals surface area (Å²) in [5.74, 6) is 0. The molecular weight excluding hydrogens is 156 g/mol. The first-order valence-electron chi connectivity index (χ1n) is 4.40. The number of aliphatic hydroxyl groups excluding tert-OH is 2. The molecule has 4 heteroatoms. The molecule has 1 rings (SSSR count). The van der Waals surface area contributed by atoms with E-state index in [1.54, 1.807) is 0 Å². The fourth-order valence-electron chi connectivity index (χ4n) is 1.61. The summed E-state index contributed by atoms with van der Waals surface area (Å²) in [6, 6.07) is 0. The summed E-state index contributed by atoms with van der Waals surface area (Å²) in [5, 5.41) is 21.2. The lowest BCUT2D eigenvalue weighted by Crippen LogP contribution is -2.62. The molecule has 0 radical (unpaired) electrons. The third-order valence-corrected chi connectivity index (χ3v) is 2.54. The van der Waals surface area contributed by atoms with E-state index in [4.69, 9.17) is 5.11 Å². The molecule has 1 heterocycles. The second-order valence-corrected chi connectivity index (χ2v) is 3.54. The first kappa shape index (κ1) is 9.92. The SMILES string of the molecule is CC1(CO)CNCCN1CCO. The predicted octanol–water partition coefficient (Wildman–Crippen LogP) is -1.37. The number of nitrogens with zero attached hydrogens (tertiary/aromatic N) is 1. The molecule has 1 unspecified atom stereocenters. The van der Waals surface area contributed by atoms with E-state index < -0.39 is 0 Å². The van der Waals surface area contributed by atoms with E-state index in [1.807, 2.05) is 6.92 Å². The molecule has 12 heavy (non-hydrogen) atoms. The van der Waals surface area contributed by atoms with Crippen molar-refractivity contribution in [2.45, 2.75) is 12.5 Å². The van der Waals surface area contributed by atoms with E-state index in [2.05, 4.69) is 10.2 Å². The minimum atomic E-state index is -0.193. The maximum Gasteiger partial charge on any atom is 0.0625 e. The van der Waals surface area contributed by atoms with Crippen LogP contribution < -0.4 is 5.32 Å². The van der Waals surface area contributed by atoms with E-state index in [0.29, 0.717) is 6.54 Å². The molecule has 0 aromatic heterocycles. The van der Waals surface area contributed by atoms with Crippen LogP contribution in [0.4, 0.5) is 0 Å². The third kappa shape index (κ3) is 1.95. The van der Waals surface area contributed by atoms with E-state index in [-0.39, 0.29) is 18.8 Å². The van der Waals surface area contributed by atoms with Crippen LogP contribution in [-0.4, -0.2) is 60.0 Å². The Kier molecular flexibility index (Phi) is 3.46. The highest BCUT2D eigenvalue weighted by Crippen LogP contribution is 2.15. The minimum Gasteiger partial charge on any atom is -0.395 e. The zero-order valence-electron chi connectivity index (χ0n) is 7.58. The Morgan fingerprint density at radius 1 is 1.50 bits per heavy atom. The second-order valence-electron chi connectivity index (χ2n) is 3.54. The van der Waals surface area contributed by atoms with Gasteiger partial charge in [0.1, 0.15) is 0 Å². The Balaban J connectivity index is 2.53. The van der Waals surface area contributed by atoms with Gasteiger partial charge in [-0.2, -0.15) is 0 Å². The van der Waals surface area contributed by atoms with Gasteiger partial charge in [-0.05, 0) is 6.92 Å². The lowest BCUT2D eigenvalue weighted by molar-refractivity contribution is 0.0132. The Morgan fingerprint density at radius 2 is 2.25 bits per heavy atom. The van der Waals surface area contributed by atoms with Crippen LogP contribution in [0.25, 0.3) is 0 Å². The van der Waals surface area contributed by atoms with Crippen LogP contribution in [0.1, 0.15) is 6.92 Å². The molecule has 1 atom stereocenters.